The summed E-state index contributed by atoms with van der Waals surface area (Å²) >= 11 is 0. The van der Waals surface area contributed by atoms with Gasteiger partial charge in [-0.15, -0.1) is 0 Å². The standard InChI is InChI=1S/C25H35N3O5S/c1-5-23(25(30)26-6-2)27(19-20-11-8-7-9-12-20)24(29)13-10-18-28(34(4,31)32)21-14-16-22(33-3)17-15-21/h7-9,11-12,14-17,23H,5-6,10,13,18-19H2,1-4H3,(H,26,30)/t23-/m1/s1. The molecule has 2 rings (SSSR count). The number of anilines is 1. The summed E-state index contributed by atoms with van der Waals surface area (Å²) in [5, 5.41) is 2.81. The molecule has 0 saturated heterocycles. The maximum Gasteiger partial charge on any atom is 0.242 e. The number of benzene rings is 2. The van der Waals surface area contributed by atoms with Crippen LogP contribution in [0.1, 0.15) is 38.7 Å². The molecule has 1 atom stereocenters. The smallest absolute Gasteiger partial charge is 0.242 e. The van der Waals surface area contributed by atoms with Crippen LogP contribution in [0.25, 0.3) is 0 Å². The molecule has 9 heteroatoms. The summed E-state index contributed by atoms with van der Waals surface area (Å²) < 4.78 is 31.2. The molecule has 186 valence electrons. The zero-order valence-corrected chi connectivity index (χ0v) is 21.2. The van der Waals surface area contributed by atoms with Gasteiger partial charge < -0.3 is 15.0 Å². The number of sulfonamides is 1. The number of hydrogen-bond donors (Lipinski definition) is 1. The highest BCUT2D eigenvalue weighted by Crippen LogP contribution is 2.22. The molecule has 0 heterocycles. The second kappa shape index (κ2) is 13.0. The molecule has 0 aliphatic heterocycles. The average Bonchev–Trinajstić information content (AvgIpc) is 2.81. The number of likely N-dealkylation sites (N-methyl/N-ethyl adjacent to an activating group) is 1. The Bertz CT molecular complexity index is 1030. The van der Waals surface area contributed by atoms with Crippen molar-refractivity contribution in [2.75, 3.05) is 30.8 Å². The van der Waals surface area contributed by atoms with E-state index in [2.05, 4.69) is 5.32 Å². The lowest BCUT2D eigenvalue weighted by Crippen LogP contribution is -2.49. The average molecular weight is 490 g/mol. The van der Waals surface area contributed by atoms with E-state index in [1.54, 1.807) is 36.3 Å². The second-order valence-electron chi connectivity index (χ2n) is 7.96. The van der Waals surface area contributed by atoms with Crippen LogP contribution in [-0.4, -0.2) is 57.6 Å². The molecule has 2 amide bonds. The third-order valence-corrected chi connectivity index (χ3v) is 6.64. The summed E-state index contributed by atoms with van der Waals surface area (Å²) in [7, 11) is -2.00. The van der Waals surface area contributed by atoms with Gasteiger partial charge in [-0.1, -0.05) is 37.3 Å². The van der Waals surface area contributed by atoms with Gasteiger partial charge in [0.25, 0.3) is 0 Å². The fourth-order valence-corrected chi connectivity index (χ4v) is 4.71. The van der Waals surface area contributed by atoms with E-state index in [0.29, 0.717) is 37.4 Å². The largest absolute Gasteiger partial charge is 0.497 e. The van der Waals surface area contributed by atoms with Gasteiger partial charge in [0.1, 0.15) is 11.8 Å². The van der Waals surface area contributed by atoms with Crippen molar-refractivity contribution in [2.45, 2.75) is 45.7 Å². The van der Waals surface area contributed by atoms with Crippen molar-refractivity contribution in [2.24, 2.45) is 0 Å². The molecule has 0 unspecified atom stereocenters. The number of carbonyl (C=O) groups is 2. The SMILES string of the molecule is CCNC(=O)[C@@H](CC)N(Cc1ccccc1)C(=O)CCCN(c1ccc(OC)cc1)S(C)(=O)=O. The molecule has 1 N–H and O–H groups in total. The minimum Gasteiger partial charge on any atom is -0.497 e. The Hall–Kier alpha value is -3.07. The fraction of sp³-hybridized carbons (Fsp3) is 0.440. The Morgan fingerprint density at radius 3 is 2.21 bits per heavy atom. The lowest BCUT2D eigenvalue weighted by Gasteiger charge is -2.31. The molecular formula is C25H35N3O5S. The highest BCUT2D eigenvalue weighted by molar-refractivity contribution is 7.92. The Labute approximate surface area is 202 Å². The Kier molecular flexibility index (Phi) is 10.4. The number of methoxy groups -OCH3 is 1. The van der Waals surface area contributed by atoms with Gasteiger partial charge in [0.05, 0.1) is 19.1 Å². The van der Waals surface area contributed by atoms with E-state index in [1.165, 1.54) is 4.31 Å². The minimum absolute atomic E-state index is 0.116. The predicted octanol–water partition coefficient (Wildman–Crippen LogP) is 3.18. The highest BCUT2D eigenvalue weighted by Gasteiger charge is 2.28. The van der Waals surface area contributed by atoms with E-state index >= 15 is 0 Å². The number of ether oxygens (including phenoxy) is 1. The van der Waals surface area contributed by atoms with Crippen LogP contribution in [0.2, 0.25) is 0 Å². The van der Waals surface area contributed by atoms with E-state index < -0.39 is 16.1 Å². The highest BCUT2D eigenvalue weighted by atomic mass is 32.2. The molecule has 8 nitrogen and oxygen atoms in total. The summed E-state index contributed by atoms with van der Waals surface area (Å²) in [6.45, 7) is 4.65. The lowest BCUT2D eigenvalue weighted by atomic mass is 10.1. The first-order chi connectivity index (χ1) is 16.2. The van der Waals surface area contributed by atoms with Crippen molar-refractivity contribution >= 4 is 27.5 Å². The molecule has 0 spiro atoms. The Morgan fingerprint density at radius 2 is 1.68 bits per heavy atom. The maximum atomic E-state index is 13.3. The first-order valence-electron chi connectivity index (χ1n) is 11.4. The number of rotatable bonds is 13. The molecule has 2 aromatic rings. The van der Waals surface area contributed by atoms with Crippen LogP contribution < -0.4 is 14.4 Å². The van der Waals surface area contributed by atoms with E-state index in [4.69, 9.17) is 4.74 Å². The van der Waals surface area contributed by atoms with Crippen molar-refractivity contribution in [3.8, 4) is 5.75 Å². The molecule has 0 aliphatic rings. The molecule has 0 aliphatic carbocycles. The van der Waals surface area contributed by atoms with Gasteiger partial charge in [-0.2, -0.15) is 0 Å². The lowest BCUT2D eigenvalue weighted by molar-refractivity contribution is -0.141. The van der Waals surface area contributed by atoms with Crippen LogP contribution in [0, 0.1) is 0 Å². The Morgan fingerprint density at radius 1 is 1.03 bits per heavy atom. The molecule has 0 fully saturated rings. The zero-order chi connectivity index (χ0) is 25.1. The zero-order valence-electron chi connectivity index (χ0n) is 20.4. The molecular weight excluding hydrogens is 454 g/mol. The normalized spacial score (nSPS) is 12.0. The second-order valence-corrected chi connectivity index (χ2v) is 9.87. The molecule has 0 bridgehead atoms. The minimum atomic E-state index is -3.54. The van der Waals surface area contributed by atoms with Gasteiger partial charge in [0.15, 0.2) is 0 Å². The molecule has 0 aromatic heterocycles. The third kappa shape index (κ3) is 7.76. The van der Waals surface area contributed by atoms with Gasteiger partial charge >= 0.3 is 0 Å². The van der Waals surface area contributed by atoms with Crippen molar-refractivity contribution in [3.05, 3.63) is 60.2 Å². The van der Waals surface area contributed by atoms with Crippen LogP contribution in [0.4, 0.5) is 5.69 Å². The van der Waals surface area contributed by atoms with E-state index in [1.807, 2.05) is 44.2 Å². The first-order valence-corrected chi connectivity index (χ1v) is 13.3. The fourth-order valence-electron chi connectivity index (χ4n) is 3.74. The molecule has 2 aromatic carbocycles. The predicted molar refractivity (Wildman–Crippen MR) is 134 cm³/mol. The molecule has 0 radical (unpaired) electrons. The first kappa shape index (κ1) is 27.2. The van der Waals surface area contributed by atoms with Crippen LogP contribution in [-0.2, 0) is 26.2 Å². The Balaban J connectivity index is 2.16. The molecule has 34 heavy (non-hydrogen) atoms. The number of nitrogens with one attached hydrogen (secondary N) is 1. The summed E-state index contributed by atoms with van der Waals surface area (Å²) in [6.07, 6.45) is 2.05. The number of nitrogens with zero attached hydrogens (tertiary/aromatic N) is 2. The van der Waals surface area contributed by atoms with E-state index in [9.17, 15) is 18.0 Å². The van der Waals surface area contributed by atoms with Gasteiger partial charge in [-0.3, -0.25) is 13.9 Å². The van der Waals surface area contributed by atoms with Gasteiger partial charge in [-0.25, -0.2) is 8.42 Å². The van der Waals surface area contributed by atoms with Crippen LogP contribution >= 0.6 is 0 Å². The number of carbonyl (C=O) groups excluding carboxylic acids is 2. The quantitative estimate of drug-likeness (QED) is 0.466. The van der Waals surface area contributed by atoms with E-state index in [-0.39, 0.29) is 24.8 Å². The summed E-state index contributed by atoms with van der Waals surface area (Å²) in [4.78, 5) is 27.5. The van der Waals surface area contributed by atoms with Gasteiger partial charge in [0.2, 0.25) is 21.8 Å². The van der Waals surface area contributed by atoms with Crippen LogP contribution in [0.15, 0.2) is 54.6 Å². The van der Waals surface area contributed by atoms with Crippen molar-refractivity contribution in [1.82, 2.24) is 10.2 Å². The third-order valence-electron chi connectivity index (χ3n) is 5.45. The number of amides is 2. The van der Waals surface area contributed by atoms with Gasteiger partial charge in [0, 0.05) is 26.1 Å². The topological polar surface area (TPSA) is 96.0 Å². The van der Waals surface area contributed by atoms with Crippen LogP contribution in [0.3, 0.4) is 0 Å². The van der Waals surface area contributed by atoms with Crippen molar-refractivity contribution in [3.63, 3.8) is 0 Å². The van der Waals surface area contributed by atoms with Crippen molar-refractivity contribution < 1.29 is 22.7 Å². The summed E-state index contributed by atoms with van der Waals surface area (Å²) in [6, 6.07) is 15.7. The van der Waals surface area contributed by atoms with Crippen LogP contribution in [0.5, 0.6) is 5.75 Å². The summed E-state index contributed by atoms with van der Waals surface area (Å²) in [5.74, 6) is 0.246. The monoisotopic (exact) mass is 489 g/mol. The number of hydrogen-bond acceptors (Lipinski definition) is 5. The van der Waals surface area contributed by atoms with E-state index in [0.717, 1.165) is 11.8 Å². The van der Waals surface area contributed by atoms with Gasteiger partial charge in [-0.05, 0) is 49.6 Å². The van der Waals surface area contributed by atoms with Crippen molar-refractivity contribution in [1.29, 1.82) is 0 Å². The summed E-state index contributed by atoms with van der Waals surface area (Å²) in [5.41, 5.74) is 1.43. The maximum absolute atomic E-state index is 13.3. The molecule has 0 saturated carbocycles.